The lowest BCUT2D eigenvalue weighted by atomic mass is 10.1. The highest BCUT2D eigenvalue weighted by Gasteiger charge is 2.44. The molecule has 0 unspecified atom stereocenters. The molecule has 114 valence electrons. The second-order valence-corrected chi connectivity index (χ2v) is 5.42. The van der Waals surface area contributed by atoms with Gasteiger partial charge in [0.1, 0.15) is 24.1 Å². The fraction of sp³-hybridized carbons (Fsp3) is 0.545. The van der Waals surface area contributed by atoms with E-state index in [0.29, 0.717) is 16.2 Å². The maximum Gasteiger partial charge on any atom is 0.191 e. The van der Waals surface area contributed by atoms with Gasteiger partial charge in [0, 0.05) is 0 Å². The first-order chi connectivity index (χ1) is 10.1. The molecule has 0 radical (unpaired) electrons. The number of thioether (sulfide) groups is 1. The van der Waals surface area contributed by atoms with Gasteiger partial charge < -0.3 is 25.8 Å². The molecule has 2 aromatic rings. The van der Waals surface area contributed by atoms with E-state index in [1.165, 1.54) is 22.6 Å². The fourth-order valence-electron chi connectivity index (χ4n) is 2.29. The minimum Gasteiger partial charge on any atom is -0.394 e. The third-order valence-electron chi connectivity index (χ3n) is 3.40. The highest BCUT2D eigenvalue weighted by atomic mass is 32.2. The van der Waals surface area contributed by atoms with E-state index < -0.39 is 31.1 Å². The number of hydrogen-bond donors (Lipinski definition) is 4. The predicted molar refractivity (Wildman–Crippen MR) is 74.5 cm³/mol. The van der Waals surface area contributed by atoms with Crippen molar-refractivity contribution in [3.05, 3.63) is 6.20 Å². The van der Waals surface area contributed by atoms with Gasteiger partial charge in [0.05, 0.1) is 18.2 Å². The summed E-state index contributed by atoms with van der Waals surface area (Å²) < 4.78 is 6.79. The number of aliphatic hydroxyl groups is 3. The lowest BCUT2D eigenvalue weighted by Crippen LogP contribution is -2.33. The number of anilines is 1. The highest BCUT2D eigenvalue weighted by molar-refractivity contribution is 7.98. The molecule has 0 amide bonds. The molecule has 3 heterocycles. The molecule has 9 nitrogen and oxygen atoms in total. The maximum absolute atomic E-state index is 10.1. The van der Waals surface area contributed by atoms with E-state index >= 15 is 0 Å². The van der Waals surface area contributed by atoms with Crippen LogP contribution in [0.1, 0.15) is 6.23 Å². The van der Waals surface area contributed by atoms with Gasteiger partial charge in [-0.3, -0.25) is 0 Å². The number of rotatable bonds is 3. The van der Waals surface area contributed by atoms with E-state index in [4.69, 9.17) is 15.6 Å². The van der Waals surface area contributed by atoms with Gasteiger partial charge in [0.15, 0.2) is 17.0 Å². The van der Waals surface area contributed by atoms with Crippen LogP contribution in [-0.4, -0.2) is 66.2 Å². The average Bonchev–Trinajstić information content (AvgIpc) is 3.02. The third-order valence-corrected chi connectivity index (χ3v) is 3.95. The van der Waals surface area contributed by atoms with Crippen molar-refractivity contribution < 1.29 is 20.1 Å². The van der Waals surface area contributed by atoms with Crippen molar-refractivity contribution in [2.45, 2.75) is 29.7 Å². The number of nitrogens with two attached hydrogens (primary N) is 1. The monoisotopic (exact) mass is 313 g/mol. The van der Waals surface area contributed by atoms with Gasteiger partial charge in [-0.2, -0.15) is 5.10 Å². The molecule has 1 aliphatic rings. The molecule has 1 saturated heterocycles. The number of hydrogen-bond acceptors (Lipinski definition) is 9. The van der Waals surface area contributed by atoms with Gasteiger partial charge in [-0.05, 0) is 6.26 Å². The van der Waals surface area contributed by atoms with Crippen molar-refractivity contribution in [1.82, 2.24) is 19.7 Å². The second-order valence-electron chi connectivity index (χ2n) is 4.65. The molecule has 0 bridgehead atoms. The van der Waals surface area contributed by atoms with Crippen molar-refractivity contribution in [1.29, 1.82) is 0 Å². The molecule has 10 heteroatoms. The summed E-state index contributed by atoms with van der Waals surface area (Å²) in [5.74, 6) is 0.280. The van der Waals surface area contributed by atoms with E-state index in [2.05, 4.69) is 15.1 Å². The lowest BCUT2D eigenvalue weighted by molar-refractivity contribution is -0.0566. The number of aliphatic hydroxyl groups excluding tert-OH is 3. The van der Waals surface area contributed by atoms with Crippen LogP contribution in [0.15, 0.2) is 11.4 Å². The van der Waals surface area contributed by atoms with Gasteiger partial charge >= 0.3 is 0 Å². The van der Waals surface area contributed by atoms with Crippen molar-refractivity contribution in [3.63, 3.8) is 0 Å². The Morgan fingerprint density at radius 2 is 2.14 bits per heavy atom. The molecular formula is C11H15N5O4S. The van der Waals surface area contributed by atoms with Gasteiger partial charge in [0.25, 0.3) is 0 Å². The van der Waals surface area contributed by atoms with Crippen molar-refractivity contribution in [2.75, 3.05) is 18.6 Å². The smallest absolute Gasteiger partial charge is 0.191 e. The van der Waals surface area contributed by atoms with Crippen LogP contribution in [0.5, 0.6) is 0 Å². The van der Waals surface area contributed by atoms with Crippen molar-refractivity contribution >= 4 is 28.6 Å². The number of fused-ring (bicyclic) bond motifs is 1. The van der Waals surface area contributed by atoms with Crippen LogP contribution < -0.4 is 5.73 Å². The van der Waals surface area contributed by atoms with Crippen LogP contribution in [0, 0.1) is 0 Å². The molecule has 0 aliphatic carbocycles. The third kappa shape index (κ3) is 2.24. The van der Waals surface area contributed by atoms with E-state index in [9.17, 15) is 10.2 Å². The summed E-state index contributed by atoms with van der Waals surface area (Å²) in [5, 5.41) is 34.1. The Morgan fingerprint density at radius 3 is 2.76 bits per heavy atom. The number of nitrogen functional groups attached to an aromatic ring is 1. The Kier molecular flexibility index (Phi) is 3.71. The Morgan fingerprint density at radius 1 is 1.38 bits per heavy atom. The first kappa shape index (κ1) is 14.5. The zero-order valence-electron chi connectivity index (χ0n) is 11.1. The predicted octanol–water partition coefficient (Wildman–Crippen LogP) is -1.26. The zero-order chi connectivity index (χ0) is 15.1. The Balaban J connectivity index is 2.07. The molecule has 0 saturated carbocycles. The normalized spacial score (nSPS) is 29.3. The Labute approximate surface area is 123 Å². The summed E-state index contributed by atoms with van der Waals surface area (Å²) in [7, 11) is 0. The average molecular weight is 313 g/mol. The molecule has 0 aromatic carbocycles. The van der Waals surface area contributed by atoms with Crippen LogP contribution in [0.25, 0.3) is 11.0 Å². The Bertz CT molecular complexity index is 665. The van der Waals surface area contributed by atoms with Gasteiger partial charge in [0.2, 0.25) is 0 Å². The molecule has 5 N–H and O–H groups in total. The minimum atomic E-state index is -1.22. The quantitative estimate of drug-likeness (QED) is 0.404. The summed E-state index contributed by atoms with van der Waals surface area (Å²) >= 11 is 1.32. The van der Waals surface area contributed by atoms with Crippen LogP contribution in [-0.2, 0) is 4.74 Å². The van der Waals surface area contributed by atoms with Crippen LogP contribution in [0.4, 0.5) is 5.82 Å². The molecule has 1 fully saturated rings. The summed E-state index contributed by atoms with van der Waals surface area (Å²) in [6, 6.07) is 0. The van der Waals surface area contributed by atoms with E-state index in [-0.39, 0.29) is 5.82 Å². The SMILES string of the molecule is CSc1nc(N)c2cnn([C@@H]3O[C@@H](CO)[C@@H](O)[C@@H]3O)c2n1. The molecule has 1 aliphatic heterocycles. The first-order valence-corrected chi connectivity index (χ1v) is 7.46. The summed E-state index contributed by atoms with van der Waals surface area (Å²) in [6.45, 7) is -0.402. The summed E-state index contributed by atoms with van der Waals surface area (Å²) in [5.41, 5.74) is 6.25. The van der Waals surface area contributed by atoms with Gasteiger partial charge in [-0.1, -0.05) is 11.8 Å². The molecule has 0 spiro atoms. The molecule has 2 aromatic heterocycles. The van der Waals surface area contributed by atoms with E-state index in [0.717, 1.165) is 0 Å². The van der Waals surface area contributed by atoms with Crippen molar-refractivity contribution in [3.8, 4) is 0 Å². The lowest BCUT2D eigenvalue weighted by Gasteiger charge is -2.15. The van der Waals surface area contributed by atoms with Crippen LogP contribution in [0.2, 0.25) is 0 Å². The highest BCUT2D eigenvalue weighted by Crippen LogP contribution is 2.32. The number of nitrogens with zero attached hydrogens (tertiary/aromatic N) is 4. The van der Waals surface area contributed by atoms with Gasteiger partial charge in [-0.25, -0.2) is 14.6 Å². The molecule has 3 rings (SSSR count). The summed E-state index contributed by atoms with van der Waals surface area (Å²) in [6.07, 6.45) is -0.947. The Hall–Kier alpha value is -1.46. The number of aromatic nitrogens is 4. The van der Waals surface area contributed by atoms with Crippen LogP contribution >= 0.6 is 11.8 Å². The summed E-state index contributed by atoms with van der Waals surface area (Å²) in [4.78, 5) is 8.41. The topological polar surface area (TPSA) is 140 Å². The largest absolute Gasteiger partial charge is 0.394 e. The maximum atomic E-state index is 10.1. The van der Waals surface area contributed by atoms with E-state index in [1.807, 2.05) is 6.26 Å². The fourth-order valence-corrected chi connectivity index (χ4v) is 2.65. The molecular weight excluding hydrogens is 298 g/mol. The number of ether oxygens (including phenoxy) is 1. The minimum absolute atomic E-state index is 0.280. The van der Waals surface area contributed by atoms with E-state index in [1.54, 1.807) is 0 Å². The molecule has 4 atom stereocenters. The van der Waals surface area contributed by atoms with Crippen LogP contribution in [0.3, 0.4) is 0 Å². The first-order valence-electron chi connectivity index (χ1n) is 6.24. The molecule has 21 heavy (non-hydrogen) atoms. The zero-order valence-corrected chi connectivity index (χ0v) is 11.9. The van der Waals surface area contributed by atoms with Crippen molar-refractivity contribution in [2.24, 2.45) is 0 Å². The van der Waals surface area contributed by atoms with Gasteiger partial charge in [-0.15, -0.1) is 0 Å². The standard InChI is InChI=1S/C11H15N5O4S/c1-21-11-14-8(12)4-2-13-16(9(4)15-11)10-7(19)6(18)5(3-17)20-10/h2,5-7,10,17-19H,3H2,1H3,(H2,12,14,15)/t5-,6+,7-,10+/m0/s1. The second kappa shape index (κ2) is 5.39.